The average molecular weight is 224 g/mol. The van der Waals surface area contributed by atoms with Gasteiger partial charge < -0.3 is 11.1 Å². The molecule has 0 spiro atoms. The summed E-state index contributed by atoms with van der Waals surface area (Å²) in [5.41, 5.74) is 6.43. The van der Waals surface area contributed by atoms with E-state index in [1.165, 1.54) is 6.42 Å². The van der Waals surface area contributed by atoms with E-state index in [1.54, 1.807) is 0 Å². The molecular weight excluding hydrogens is 196 g/mol. The van der Waals surface area contributed by atoms with Crippen molar-refractivity contribution < 1.29 is 0 Å². The van der Waals surface area contributed by atoms with Gasteiger partial charge in [0.1, 0.15) is 0 Å². The quantitative estimate of drug-likeness (QED) is 0.721. The molecule has 0 saturated heterocycles. The molecule has 0 heterocycles. The summed E-state index contributed by atoms with van der Waals surface area (Å²) in [6.07, 6.45) is 6.66. The summed E-state index contributed by atoms with van der Waals surface area (Å²) in [6.45, 7) is 12.5. The van der Waals surface area contributed by atoms with Gasteiger partial charge >= 0.3 is 0 Å². The number of nitrogens with one attached hydrogen (secondary N) is 1. The van der Waals surface area contributed by atoms with Gasteiger partial charge in [-0.3, -0.25) is 0 Å². The number of hydrogen-bond acceptors (Lipinski definition) is 2. The molecule has 0 amide bonds. The second-order valence-corrected chi connectivity index (χ2v) is 7.05. The second-order valence-electron chi connectivity index (χ2n) is 7.05. The van der Waals surface area contributed by atoms with Crippen LogP contribution in [0.25, 0.3) is 0 Å². The highest BCUT2D eigenvalue weighted by Crippen LogP contribution is 2.27. The van der Waals surface area contributed by atoms with Crippen LogP contribution in [0.15, 0.2) is 12.2 Å². The molecule has 0 aromatic carbocycles. The number of nitrogens with two attached hydrogens (primary N) is 1. The van der Waals surface area contributed by atoms with Crippen molar-refractivity contribution >= 4 is 0 Å². The van der Waals surface area contributed by atoms with E-state index in [2.05, 4.69) is 52.1 Å². The second kappa shape index (κ2) is 4.89. The minimum atomic E-state index is 0.207. The average Bonchev–Trinajstić information content (AvgIpc) is 2.44. The van der Waals surface area contributed by atoms with E-state index in [4.69, 9.17) is 5.73 Å². The first-order valence-corrected chi connectivity index (χ1v) is 6.37. The molecule has 0 radical (unpaired) electrons. The Bertz CT molecular complexity index is 248. The molecule has 0 fully saturated rings. The summed E-state index contributed by atoms with van der Waals surface area (Å²) in [4.78, 5) is 0. The lowest BCUT2D eigenvalue weighted by atomic mass is 9.81. The zero-order chi connectivity index (χ0) is 12.4. The Morgan fingerprint density at radius 3 is 2.25 bits per heavy atom. The maximum absolute atomic E-state index is 5.85. The van der Waals surface area contributed by atoms with Crippen LogP contribution in [0.2, 0.25) is 0 Å². The van der Waals surface area contributed by atoms with Gasteiger partial charge in [0.15, 0.2) is 0 Å². The Hall–Kier alpha value is -0.340. The molecule has 2 atom stereocenters. The lowest BCUT2D eigenvalue weighted by Gasteiger charge is -2.34. The van der Waals surface area contributed by atoms with Gasteiger partial charge in [0, 0.05) is 18.1 Å². The summed E-state index contributed by atoms with van der Waals surface area (Å²) in [5.74, 6) is 0.620. The van der Waals surface area contributed by atoms with Crippen LogP contribution in [0.5, 0.6) is 0 Å². The molecular formula is C14H28N2. The third-order valence-electron chi connectivity index (χ3n) is 3.02. The summed E-state index contributed by atoms with van der Waals surface area (Å²) in [5, 5.41) is 3.67. The number of hydrogen-bond donors (Lipinski definition) is 2. The molecule has 0 aromatic heterocycles. The molecule has 0 aliphatic heterocycles. The maximum atomic E-state index is 5.85. The van der Waals surface area contributed by atoms with Crippen LogP contribution in [0.1, 0.15) is 47.5 Å². The highest BCUT2D eigenvalue weighted by molar-refractivity contribution is 5.05. The molecule has 0 aromatic rings. The van der Waals surface area contributed by atoms with Crippen molar-refractivity contribution in [2.24, 2.45) is 17.1 Å². The Balaban J connectivity index is 2.33. The van der Waals surface area contributed by atoms with E-state index in [-0.39, 0.29) is 11.6 Å². The van der Waals surface area contributed by atoms with Crippen molar-refractivity contribution in [3.8, 4) is 0 Å². The van der Waals surface area contributed by atoms with Gasteiger partial charge in [0.2, 0.25) is 0 Å². The van der Waals surface area contributed by atoms with Crippen molar-refractivity contribution in [2.45, 2.75) is 59.0 Å². The molecule has 1 aliphatic carbocycles. The third kappa shape index (κ3) is 5.13. The lowest BCUT2D eigenvalue weighted by molar-refractivity contribution is 0.236. The molecule has 16 heavy (non-hydrogen) atoms. The highest BCUT2D eigenvalue weighted by Gasteiger charge is 2.26. The highest BCUT2D eigenvalue weighted by atomic mass is 15.0. The van der Waals surface area contributed by atoms with E-state index >= 15 is 0 Å². The van der Waals surface area contributed by atoms with Gasteiger partial charge in [-0.05, 0) is 38.0 Å². The normalized spacial score (nSPS) is 26.4. The summed E-state index contributed by atoms with van der Waals surface area (Å²) in [7, 11) is 0. The Morgan fingerprint density at radius 1 is 1.19 bits per heavy atom. The predicted octanol–water partition coefficient (Wildman–Crippen LogP) is 2.69. The van der Waals surface area contributed by atoms with E-state index in [9.17, 15) is 0 Å². The zero-order valence-corrected chi connectivity index (χ0v) is 11.5. The Labute approximate surface area is 101 Å². The zero-order valence-electron chi connectivity index (χ0n) is 11.5. The molecule has 3 N–H and O–H groups in total. The molecule has 2 heteroatoms. The maximum Gasteiger partial charge on any atom is 0.0229 e. The molecule has 0 saturated carbocycles. The fraction of sp³-hybridized carbons (Fsp3) is 0.857. The van der Waals surface area contributed by atoms with Crippen LogP contribution in [0.3, 0.4) is 0 Å². The van der Waals surface area contributed by atoms with Crippen LogP contribution in [-0.4, -0.2) is 18.1 Å². The minimum Gasteiger partial charge on any atom is -0.324 e. The summed E-state index contributed by atoms with van der Waals surface area (Å²) >= 11 is 0. The Kier molecular flexibility index (Phi) is 4.19. The fourth-order valence-corrected chi connectivity index (χ4v) is 2.75. The first-order chi connectivity index (χ1) is 7.18. The first kappa shape index (κ1) is 13.7. The largest absolute Gasteiger partial charge is 0.324 e. The lowest BCUT2D eigenvalue weighted by Crippen LogP contribution is -2.44. The molecule has 1 aliphatic rings. The van der Waals surface area contributed by atoms with Crippen LogP contribution in [0.4, 0.5) is 0 Å². The van der Waals surface area contributed by atoms with E-state index in [0.29, 0.717) is 11.3 Å². The van der Waals surface area contributed by atoms with E-state index in [1.807, 2.05) is 0 Å². The van der Waals surface area contributed by atoms with E-state index in [0.717, 1.165) is 13.0 Å². The van der Waals surface area contributed by atoms with Crippen molar-refractivity contribution in [1.82, 2.24) is 5.32 Å². The summed E-state index contributed by atoms with van der Waals surface area (Å²) < 4.78 is 0. The topological polar surface area (TPSA) is 38.0 Å². The van der Waals surface area contributed by atoms with Gasteiger partial charge in [-0.15, -0.1) is 0 Å². The van der Waals surface area contributed by atoms with Gasteiger partial charge in [0.25, 0.3) is 0 Å². The summed E-state index contributed by atoms with van der Waals surface area (Å²) in [6, 6.07) is 0.275. The van der Waals surface area contributed by atoms with Gasteiger partial charge in [-0.2, -0.15) is 0 Å². The van der Waals surface area contributed by atoms with Crippen LogP contribution in [0, 0.1) is 11.3 Å². The third-order valence-corrected chi connectivity index (χ3v) is 3.02. The minimum absolute atomic E-state index is 0.207. The first-order valence-electron chi connectivity index (χ1n) is 6.37. The Morgan fingerprint density at radius 2 is 1.81 bits per heavy atom. The van der Waals surface area contributed by atoms with Crippen LogP contribution >= 0.6 is 0 Å². The van der Waals surface area contributed by atoms with Crippen LogP contribution < -0.4 is 11.1 Å². The van der Waals surface area contributed by atoms with Gasteiger partial charge in [-0.1, -0.05) is 32.9 Å². The molecule has 0 bridgehead atoms. The fourth-order valence-electron chi connectivity index (χ4n) is 2.75. The monoisotopic (exact) mass is 224 g/mol. The van der Waals surface area contributed by atoms with Crippen molar-refractivity contribution in [3.05, 3.63) is 12.2 Å². The predicted molar refractivity (Wildman–Crippen MR) is 71.4 cm³/mol. The van der Waals surface area contributed by atoms with Crippen LogP contribution in [-0.2, 0) is 0 Å². The molecule has 2 nitrogen and oxygen atoms in total. The number of rotatable bonds is 4. The molecule has 94 valence electrons. The van der Waals surface area contributed by atoms with E-state index < -0.39 is 0 Å². The van der Waals surface area contributed by atoms with Gasteiger partial charge in [-0.25, -0.2) is 0 Å². The standard InChI is InChI=1S/C14H28N2/c1-13(2,3)10-14(4,5)16-9-11-6-7-12(15)8-11/h6-7,11-12,16H,8-10,15H2,1-5H3. The molecule has 1 rings (SSSR count). The van der Waals surface area contributed by atoms with Crippen molar-refractivity contribution in [3.63, 3.8) is 0 Å². The van der Waals surface area contributed by atoms with Crippen molar-refractivity contribution in [2.75, 3.05) is 6.54 Å². The van der Waals surface area contributed by atoms with Gasteiger partial charge in [0.05, 0.1) is 0 Å². The van der Waals surface area contributed by atoms with Crippen molar-refractivity contribution in [1.29, 1.82) is 0 Å². The SMILES string of the molecule is CC(C)(C)CC(C)(C)NCC1C=CC(N)C1. The smallest absolute Gasteiger partial charge is 0.0229 e. The molecule has 2 unspecified atom stereocenters.